The number of aliphatic carboxylic acids is 1. The van der Waals surface area contributed by atoms with Gasteiger partial charge in [-0.3, -0.25) is 38.5 Å². The normalized spacial score (nSPS) is 29.8. The number of aromatic nitrogens is 1. The molecule has 10 heterocycles. The van der Waals surface area contributed by atoms with Crippen LogP contribution >= 0.6 is 34.5 Å². The number of pyridine rings is 1. The maximum absolute atomic E-state index is 16.6. The molecule has 8 aliphatic rings. The lowest BCUT2D eigenvalue weighted by Gasteiger charge is -2.46. The molecule has 8 aliphatic heterocycles. The number of nitrogens with one attached hydrogen (secondary N) is 5. The monoisotopic (exact) mass is 1790 g/mol. The van der Waals surface area contributed by atoms with Crippen molar-refractivity contribution in [2.75, 3.05) is 13.2 Å². The number of phenols is 3. The predicted molar refractivity (Wildman–Crippen MR) is 444 cm³/mol. The van der Waals surface area contributed by atoms with E-state index in [4.69, 9.17) is 72.6 Å². The molecule has 3 saturated heterocycles. The lowest BCUT2D eigenvalue weighted by Crippen LogP contribution is -2.65. The van der Waals surface area contributed by atoms with Gasteiger partial charge in [0.2, 0.25) is 41.6 Å². The van der Waals surface area contributed by atoms with E-state index in [-0.39, 0.29) is 66.7 Å². The number of nitrogens with zero attached hydrogens (tertiary/aromatic N) is 1. The minimum atomic E-state index is -2.34. The minimum absolute atomic E-state index is 0. The Hall–Kier alpha value is -10.1. The Morgan fingerprint density at radius 1 is 0.712 bits per heavy atom. The van der Waals surface area contributed by atoms with Crippen LogP contribution in [0.1, 0.15) is 143 Å². The van der Waals surface area contributed by atoms with Gasteiger partial charge in [0, 0.05) is 84.1 Å². The Balaban J connectivity index is 0.0000142. The number of rotatable bonds is 20. The highest BCUT2D eigenvalue weighted by atomic mass is 35.5. The third kappa shape index (κ3) is 20.6. The fourth-order valence-electron chi connectivity index (χ4n) is 16.2. The highest BCUT2D eigenvalue weighted by molar-refractivity contribution is 7.15. The summed E-state index contributed by atoms with van der Waals surface area (Å²) in [6.45, 7) is 7.40. The number of phenolic OH excluding ortho intramolecular Hbond substituents is 3. The van der Waals surface area contributed by atoms with Gasteiger partial charge in [0.05, 0.1) is 51.3 Å². The summed E-state index contributed by atoms with van der Waals surface area (Å²) in [6, 6.07) is 14.7. The summed E-state index contributed by atoms with van der Waals surface area (Å²) in [7, 11) is 0. The van der Waals surface area contributed by atoms with Gasteiger partial charge in [-0.15, -0.1) is 11.3 Å². The maximum atomic E-state index is 16.6. The van der Waals surface area contributed by atoms with Gasteiger partial charge in [-0.2, -0.15) is 0 Å². The number of hydrogen-bond donors (Lipinski definition) is 19. The zero-order chi connectivity index (χ0) is 89.4. The van der Waals surface area contributed by atoms with Gasteiger partial charge in [0.25, 0.3) is 0 Å². The number of nitrogens with two attached hydrogens (primary N) is 2. The molecule has 15 rings (SSSR count). The lowest BCUT2D eigenvalue weighted by molar-refractivity contribution is -0.350. The summed E-state index contributed by atoms with van der Waals surface area (Å²) in [6.07, 6.45) is -28.6. The number of benzene rings is 5. The van der Waals surface area contributed by atoms with E-state index in [9.17, 15) is 75.7 Å². The van der Waals surface area contributed by atoms with Crippen molar-refractivity contribution in [2.24, 2.45) is 29.2 Å². The number of Topliss-reactive ketones (excluding diaryl/α,β-unsaturated/α-hetero) is 2. The van der Waals surface area contributed by atoms with Crippen molar-refractivity contribution >= 4 is 81.6 Å². The average Bonchev–Trinajstić information content (AvgIpc) is 1.51. The number of amides is 5. The SMILES string of the molecule is C.CC[C@H](CC(C)C)C(=O)N[C@H]1C(=O)C[C@@H](CC(N)=O)C(=O)N[C@H]2C(=O)C[C@H]3C(=O)N[C@H](C(=O)N[C@@H](C(=O)O)c4cc(O)cc(O)c4-c4cc3ccc4O)[C@H](OC3C[C@](C)(N)[C@@H](O)[C@H](C)O3)c3ccc(c(Cl)c3)Oc3cc2cc(c3O[C@@H]2O[C@H](CO)[C@@H](O[C@@H]3O[C@H](CNCc4ccc(-c5ccccn5)s4)[C@H](O)[C@H](O)[C@H]3O)[C@H](O)[C@H]2O)Oc2ccc(cc2Cl)[C@H]1O. The van der Waals surface area contributed by atoms with E-state index in [0.717, 1.165) is 64.0 Å². The molecule has 2 aromatic heterocycles. The van der Waals surface area contributed by atoms with Gasteiger partial charge >= 0.3 is 5.97 Å². The first kappa shape index (κ1) is 94.0. The number of carboxylic acids is 1. The largest absolute Gasteiger partial charge is 0.508 e. The summed E-state index contributed by atoms with van der Waals surface area (Å²) < 4.78 is 51.4. The van der Waals surface area contributed by atoms with E-state index in [1.165, 1.54) is 55.5 Å². The number of ketones is 2. The Kier molecular flexibility index (Phi) is 29.7. The number of aliphatic hydroxyl groups excluding tert-OH is 8. The van der Waals surface area contributed by atoms with Crippen molar-refractivity contribution in [3.05, 3.63) is 158 Å². The van der Waals surface area contributed by atoms with Crippen LogP contribution in [0.2, 0.25) is 10.0 Å². The van der Waals surface area contributed by atoms with Crippen molar-refractivity contribution < 1.29 is 138 Å². The van der Waals surface area contributed by atoms with Crippen LogP contribution in [-0.2, 0) is 68.6 Å². The molecule has 5 aromatic carbocycles. The van der Waals surface area contributed by atoms with Crippen LogP contribution in [0.4, 0.5) is 0 Å². The third-order valence-electron chi connectivity index (χ3n) is 22.8. The molecular formula is C86H100Cl2N8O28S. The Morgan fingerprint density at radius 2 is 1.38 bits per heavy atom. The van der Waals surface area contributed by atoms with E-state index in [0.29, 0.717) is 6.42 Å². The third-order valence-corrected chi connectivity index (χ3v) is 24.5. The number of ether oxygens (including phenoxy) is 8. The van der Waals surface area contributed by atoms with Gasteiger partial charge in [-0.05, 0) is 134 Å². The molecule has 23 atom stereocenters. The van der Waals surface area contributed by atoms with Crippen molar-refractivity contribution in [3.63, 3.8) is 0 Å². The molecule has 1 unspecified atom stereocenters. The number of hydrogen-bond acceptors (Lipinski definition) is 31. The van der Waals surface area contributed by atoms with Gasteiger partial charge in [0.1, 0.15) is 108 Å². The predicted octanol–water partition coefficient (Wildman–Crippen LogP) is 4.90. The van der Waals surface area contributed by atoms with Crippen LogP contribution in [0.3, 0.4) is 0 Å². The minimum Gasteiger partial charge on any atom is -0.508 e. The zero-order valence-corrected chi connectivity index (χ0v) is 69.6. The molecule has 5 amide bonds. The fraction of sp³-hybridized carbons (Fsp3) is 0.453. The smallest absolute Gasteiger partial charge is 0.330 e. The number of fused-ring (bicyclic) bond motifs is 15. The van der Waals surface area contributed by atoms with Crippen molar-refractivity contribution in [2.45, 2.75) is 215 Å². The molecule has 125 heavy (non-hydrogen) atoms. The maximum Gasteiger partial charge on any atom is 0.330 e. The van der Waals surface area contributed by atoms with Crippen molar-refractivity contribution in [1.82, 2.24) is 31.6 Å². The van der Waals surface area contributed by atoms with Gasteiger partial charge < -0.3 is 137 Å². The number of carbonyl (C=O) groups is 8. The Bertz CT molecular complexity index is 5160. The van der Waals surface area contributed by atoms with E-state index in [1.54, 1.807) is 19.2 Å². The molecular weight excluding hydrogens is 1700 g/mol. The molecule has 0 aliphatic carbocycles. The van der Waals surface area contributed by atoms with Crippen LogP contribution < -0.4 is 52.3 Å². The molecule has 0 saturated carbocycles. The number of aliphatic hydroxyl groups is 8. The standard InChI is InChI=1S/C85H96Cl2N8O28S.CH4/c1-6-36(19-34(2)3)78(110)94-66-52(100)23-41(26-61(88)102)79(111)92-64-40-24-56(117-54-15-11-38(68(66)103)21-47(54)86)75(122-84-73(108)71(106)76(59(33-96)120-84)123-83-72(107)70(105)69(104)58(119-83)32-90-31-43-13-17-60(124-43)49-9-7-8-18-91-49)57(25-40)118-55-16-12-39(22-48(55)87)74(121-62-30-85(5,89)77(109)35(4)116-62)67-81(113)93-65(82(114)115)46-27-42(97)28-51(99)63(46)45-20-37(10-14-50(45)98)44(29-53(64)101)80(112)95-67;/h7-18,20-22,24-25,27-28,34-36,41,44,58-59,62,64-74,76-77,83-84,90,96-99,103-109H,6,19,23,26,29-33,89H2,1-5H3,(H2,88,102)(H,92,111)(H,93,113)(H,94,110)(H,95,112)(H,114,115);1H4/t35-,36+,41-,44+,58+,59+,62?,64+,65+,66-,67-,68+,69-,70-,71+,72+,73+,74+,76+,77-,83-,84-,85-;/m0./s1. The van der Waals surface area contributed by atoms with Crippen LogP contribution in [-0.4, -0.2) is 224 Å². The molecule has 7 aromatic rings. The number of primary amides is 1. The molecule has 21 N–H and O–H groups in total. The second kappa shape index (κ2) is 39.4. The summed E-state index contributed by atoms with van der Waals surface area (Å²) in [5.41, 5.74) is 9.28. The number of aromatic hydroxyl groups is 3. The highest BCUT2D eigenvalue weighted by Crippen LogP contribution is 2.51. The van der Waals surface area contributed by atoms with E-state index in [1.807, 2.05) is 38.1 Å². The first-order chi connectivity index (χ1) is 58.9. The van der Waals surface area contributed by atoms with Gasteiger partial charge in [-0.25, -0.2) is 4.79 Å². The average molecular weight is 1800 g/mol. The molecule has 0 radical (unpaired) electrons. The zero-order valence-electron chi connectivity index (χ0n) is 67.3. The Labute approximate surface area is 730 Å². The molecule has 36 nitrogen and oxygen atoms in total. The Morgan fingerprint density at radius 3 is 2.02 bits per heavy atom. The topological polar surface area (TPSA) is 578 Å². The molecule has 672 valence electrons. The van der Waals surface area contributed by atoms with Crippen molar-refractivity contribution in [1.29, 1.82) is 0 Å². The number of thiophene rings is 1. The summed E-state index contributed by atoms with van der Waals surface area (Å²) in [5.74, 6) is -19.7. The number of halogens is 2. The number of carbonyl (C=O) groups excluding carboxylic acids is 7. The van der Waals surface area contributed by atoms with Crippen LogP contribution in [0, 0.1) is 17.8 Å². The first-order valence-corrected chi connectivity index (χ1v) is 41.6. The van der Waals surface area contributed by atoms with Crippen LogP contribution in [0.5, 0.6) is 46.0 Å². The van der Waals surface area contributed by atoms with E-state index >= 15 is 24.0 Å². The quantitative estimate of drug-likeness (QED) is 0.0482. The van der Waals surface area contributed by atoms with Crippen molar-refractivity contribution in [3.8, 4) is 67.7 Å². The van der Waals surface area contributed by atoms with Gasteiger partial charge in [0.15, 0.2) is 41.7 Å². The molecule has 39 heteroatoms. The molecule has 3 fully saturated rings. The first-order valence-electron chi connectivity index (χ1n) is 40.0. The molecule has 11 bridgehead atoms. The van der Waals surface area contributed by atoms with Crippen LogP contribution in [0.15, 0.2) is 115 Å². The van der Waals surface area contributed by atoms with E-state index in [2.05, 4.69) is 31.6 Å². The fourth-order valence-corrected chi connectivity index (χ4v) is 17.6. The van der Waals surface area contributed by atoms with Gasteiger partial charge in [-0.1, -0.05) is 75.7 Å². The number of carboxylic acid groups (broad SMARTS) is 1. The lowest BCUT2D eigenvalue weighted by atomic mass is 9.84. The molecule has 0 spiro atoms. The highest BCUT2D eigenvalue weighted by Gasteiger charge is 2.53. The van der Waals surface area contributed by atoms with E-state index < -0.39 is 280 Å². The second-order valence-corrected chi connectivity index (χ2v) is 34.3. The summed E-state index contributed by atoms with van der Waals surface area (Å²) in [4.78, 5) is 127. The summed E-state index contributed by atoms with van der Waals surface area (Å²) >= 11 is 16.0. The second-order valence-electron chi connectivity index (χ2n) is 32.3. The summed E-state index contributed by atoms with van der Waals surface area (Å²) in [5, 5.41) is 152. The van der Waals surface area contributed by atoms with Crippen LogP contribution in [0.25, 0.3) is 21.7 Å².